The Labute approximate surface area is 99.8 Å². The van der Waals surface area contributed by atoms with Crippen LogP contribution >= 0.6 is 0 Å². The van der Waals surface area contributed by atoms with Crippen LogP contribution in [0.3, 0.4) is 0 Å². The molecule has 0 aromatic carbocycles. The summed E-state index contributed by atoms with van der Waals surface area (Å²) in [5.41, 5.74) is 5.45. The van der Waals surface area contributed by atoms with Crippen molar-refractivity contribution in [3.63, 3.8) is 0 Å². The smallest absolute Gasteiger partial charge is 0.0608 e. The van der Waals surface area contributed by atoms with Crippen molar-refractivity contribution in [3.05, 3.63) is 0 Å². The number of hydrogen-bond acceptors (Lipinski definition) is 4. The standard InChI is InChI=1S/C12H28N2O2/c1-11(2)9-14(7-8-16-4)6-5-12(3,13)10-15/h11,15H,5-10,13H2,1-4H3. The molecule has 0 saturated carbocycles. The van der Waals surface area contributed by atoms with E-state index in [0.717, 1.165) is 32.7 Å². The second kappa shape index (κ2) is 8.01. The Morgan fingerprint density at radius 2 is 2.00 bits per heavy atom. The lowest BCUT2D eigenvalue weighted by atomic mass is 10.0. The molecule has 98 valence electrons. The Kier molecular flexibility index (Phi) is 7.93. The number of methoxy groups -OCH3 is 1. The van der Waals surface area contributed by atoms with Crippen molar-refractivity contribution in [1.82, 2.24) is 4.90 Å². The van der Waals surface area contributed by atoms with Gasteiger partial charge in [-0.15, -0.1) is 0 Å². The number of hydrogen-bond donors (Lipinski definition) is 2. The molecule has 0 heterocycles. The molecule has 1 unspecified atom stereocenters. The van der Waals surface area contributed by atoms with Crippen LogP contribution in [0.4, 0.5) is 0 Å². The largest absolute Gasteiger partial charge is 0.394 e. The molecule has 0 bridgehead atoms. The molecule has 0 spiro atoms. The van der Waals surface area contributed by atoms with Crippen LogP contribution in [0.5, 0.6) is 0 Å². The molecule has 1 atom stereocenters. The maximum Gasteiger partial charge on any atom is 0.0608 e. The van der Waals surface area contributed by atoms with Gasteiger partial charge in [-0.05, 0) is 19.3 Å². The van der Waals surface area contributed by atoms with Gasteiger partial charge in [0, 0.05) is 32.3 Å². The van der Waals surface area contributed by atoms with Gasteiger partial charge >= 0.3 is 0 Å². The van der Waals surface area contributed by atoms with Gasteiger partial charge in [-0.25, -0.2) is 0 Å². The second-order valence-electron chi connectivity index (χ2n) is 5.25. The first kappa shape index (κ1) is 15.8. The summed E-state index contributed by atoms with van der Waals surface area (Å²) in [5.74, 6) is 0.634. The maximum atomic E-state index is 9.10. The Balaban J connectivity index is 3.99. The summed E-state index contributed by atoms with van der Waals surface area (Å²) in [6.45, 7) is 9.95. The van der Waals surface area contributed by atoms with E-state index in [4.69, 9.17) is 15.6 Å². The Morgan fingerprint density at radius 1 is 1.38 bits per heavy atom. The molecule has 0 aromatic rings. The molecule has 0 radical (unpaired) electrons. The van der Waals surface area contributed by atoms with Crippen molar-refractivity contribution in [2.75, 3.05) is 40.0 Å². The van der Waals surface area contributed by atoms with E-state index < -0.39 is 5.54 Å². The lowest BCUT2D eigenvalue weighted by Gasteiger charge is -2.28. The number of aliphatic hydroxyl groups is 1. The number of aliphatic hydroxyl groups excluding tert-OH is 1. The van der Waals surface area contributed by atoms with Gasteiger partial charge in [0.15, 0.2) is 0 Å². The maximum absolute atomic E-state index is 9.10. The highest BCUT2D eigenvalue weighted by atomic mass is 16.5. The van der Waals surface area contributed by atoms with E-state index in [-0.39, 0.29) is 6.61 Å². The van der Waals surface area contributed by atoms with E-state index in [2.05, 4.69) is 18.7 Å². The molecule has 4 nitrogen and oxygen atoms in total. The van der Waals surface area contributed by atoms with Gasteiger partial charge < -0.3 is 20.5 Å². The molecular formula is C12H28N2O2. The Morgan fingerprint density at radius 3 is 2.44 bits per heavy atom. The lowest BCUT2D eigenvalue weighted by molar-refractivity contribution is 0.125. The van der Waals surface area contributed by atoms with Crippen molar-refractivity contribution < 1.29 is 9.84 Å². The Bertz CT molecular complexity index is 172. The number of ether oxygens (including phenoxy) is 1. The molecule has 0 aromatic heterocycles. The van der Waals surface area contributed by atoms with Gasteiger partial charge in [0.05, 0.1) is 13.2 Å². The molecule has 0 saturated heterocycles. The molecule has 0 aliphatic rings. The highest BCUT2D eigenvalue weighted by Gasteiger charge is 2.18. The average molecular weight is 232 g/mol. The van der Waals surface area contributed by atoms with E-state index in [1.165, 1.54) is 0 Å². The zero-order valence-corrected chi connectivity index (χ0v) is 11.2. The van der Waals surface area contributed by atoms with Gasteiger partial charge in [-0.3, -0.25) is 0 Å². The normalized spacial score (nSPS) is 15.8. The first-order valence-electron chi connectivity index (χ1n) is 6.02. The van der Waals surface area contributed by atoms with Crippen LogP contribution in [-0.2, 0) is 4.74 Å². The van der Waals surface area contributed by atoms with E-state index in [0.29, 0.717) is 5.92 Å². The molecule has 0 aliphatic carbocycles. The van der Waals surface area contributed by atoms with Crippen LogP contribution in [0, 0.1) is 5.92 Å². The van der Waals surface area contributed by atoms with Crippen LogP contribution in [-0.4, -0.2) is 55.5 Å². The topological polar surface area (TPSA) is 58.7 Å². The van der Waals surface area contributed by atoms with Crippen molar-refractivity contribution in [2.45, 2.75) is 32.7 Å². The van der Waals surface area contributed by atoms with Gasteiger partial charge in [-0.1, -0.05) is 13.8 Å². The van der Waals surface area contributed by atoms with Crippen LogP contribution in [0.25, 0.3) is 0 Å². The second-order valence-corrected chi connectivity index (χ2v) is 5.25. The minimum atomic E-state index is -0.470. The number of nitrogens with zero attached hydrogens (tertiary/aromatic N) is 1. The van der Waals surface area contributed by atoms with Crippen molar-refractivity contribution in [2.24, 2.45) is 11.7 Å². The van der Waals surface area contributed by atoms with Gasteiger partial charge in [0.25, 0.3) is 0 Å². The van der Waals surface area contributed by atoms with Gasteiger partial charge in [0.2, 0.25) is 0 Å². The third-order valence-corrected chi connectivity index (χ3v) is 2.60. The highest BCUT2D eigenvalue weighted by molar-refractivity contribution is 4.79. The molecule has 3 N–H and O–H groups in total. The van der Waals surface area contributed by atoms with E-state index in [9.17, 15) is 0 Å². The van der Waals surface area contributed by atoms with Crippen LogP contribution in [0.15, 0.2) is 0 Å². The van der Waals surface area contributed by atoms with E-state index in [1.54, 1.807) is 7.11 Å². The zero-order chi connectivity index (χ0) is 12.6. The van der Waals surface area contributed by atoms with Crippen LogP contribution in [0.2, 0.25) is 0 Å². The number of nitrogens with two attached hydrogens (primary N) is 1. The minimum absolute atomic E-state index is 0.0345. The average Bonchev–Trinajstić information content (AvgIpc) is 2.21. The summed E-state index contributed by atoms with van der Waals surface area (Å²) in [6, 6.07) is 0. The van der Waals surface area contributed by atoms with Gasteiger partial charge in [-0.2, -0.15) is 0 Å². The van der Waals surface area contributed by atoms with E-state index in [1.807, 2.05) is 6.92 Å². The summed E-state index contributed by atoms with van der Waals surface area (Å²) >= 11 is 0. The monoisotopic (exact) mass is 232 g/mol. The fourth-order valence-electron chi connectivity index (χ4n) is 1.52. The molecule has 0 amide bonds. The summed E-state index contributed by atoms with van der Waals surface area (Å²) < 4.78 is 5.09. The predicted molar refractivity (Wildman–Crippen MR) is 67.4 cm³/mol. The van der Waals surface area contributed by atoms with Crippen molar-refractivity contribution in [1.29, 1.82) is 0 Å². The van der Waals surface area contributed by atoms with Crippen LogP contribution < -0.4 is 5.73 Å². The van der Waals surface area contributed by atoms with Gasteiger partial charge in [0.1, 0.15) is 0 Å². The molecule has 0 aliphatic heterocycles. The predicted octanol–water partition coefficient (Wildman–Crippen LogP) is 0.691. The highest BCUT2D eigenvalue weighted by Crippen LogP contribution is 2.07. The summed E-state index contributed by atoms with van der Waals surface area (Å²) in [5, 5.41) is 9.10. The summed E-state index contributed by atoms with van der Waals surface area (Å²) in [6.07, 6.45) is 0.805. The number of rotatable bonds is 9. The Hall–Kier alpha value is -0.160. The summed E-state index contributed by atoms with van der Waals surface area (Å²) in [7, 11) is 1.72. The molecule has 0 fully saturated rings. The fourth-order valence-corrected chi connectivity index (χ4v) is 1.52. The fraction of sp³-hybridized carbons (Fsp3) is 1.00. The zero-order valence-electron chi connectivity index (χ0n) is 11.2. The van der Waals surface area contributed by atoms with E-state index >= 15 is 0 Å². The molecule has 0 rings (SSSR count). The van der Waals surface area contributed by atoms with Crippen molar-refractivity contribution >= 4 is 0 Å². The lowest BCUT2D eigenvalue weighted by Crippen LogP contribution is -2.44. The minimum Gasteiger partial charge on any atom is -0.394 e. The quantitative estimate of drug-likeness (QED) is 0.614. The van der Waals surface area contributed by atoms with Crippen LogP contribution in [0.1, 0.15) is 27.2 Å². The first-order chi connectivity index (χ1) is 7.41. The van der Waals surface area contributed by atoms with Crippen molar-refractivity contribution in [3.8, 4) is 0 Å². The summed E-state index contributed by atoms with van der Waals surface area (Å²) in [4.78, 5) is 2.34. The molecule has 4 heteroatoms. The molecular weight excluding hydrogens is 204 g/mol. The SMILES string of the molecule is COCCN(CCC(C)(N)CO)CC(C)C. The molecule has 16 heavy (non-hydrogen) atoms. The first-order valence-corrected chi connectivity index (χ1v) is 6.02. The third-order valence-electron chi connectivity index (χ3n) is 2.60. The third kappa shape index (κ3) is 8.05.